The van der Waals surface area contributed by atoms with E-state index in [1.165, 1.54) is 23.2 Å². The fourth-order valence-corrected chi connectivity index (χ4v) is 3.56. The molecule has 3 N–H and O–H groups in total. The molecule has 1 saturated heterocycles. The van der Waals surface area contributed by atoms with Crippen molar-refractivity contribution in [3.63, 3.8) is 0 Å². The number of amides is 2. The summed E-state index contributed by atoms with van der Waals surface area (Å²) in [5.41, 5.74) is 7.43. The van der Waals surface area contributed by atoms with Crippen molar-refractivity contribution in [1.82, 2.24) is 9.88 Å². The van der Waals surface area contributed by atoms with Crippen LogP contribution in [0.25, 0.3) is 0 Å². The summed E-state index contributed by atoms with van der Waals surface area (Å²) >= 11 is 0. The number of nitrogen functional groups attached to an aromatic ring is 1. The Morgan fingerprint density at radius 3 is 2.55 bits per heavy atom. The van der Waals surface area contributed by atoms with Crippen molar-refractivity contribution in [2.45, 2.75) is 39.2 Å². The highest BCUT2D eigenvalue weighted by Gasteiger charge is 2.34. The van der Waals surface area contributed by atoms with Crippen molar-refractivity contribution in [3.05, 3.63) is 53.2 Å². The van der Waals surface area contributed by atoms with E-state index in [1.807, 2.05) is 6.92 Å². The van der Waals surface area contributed by atoms with Crippen LogP contribution in [0.4, 0.5) is 20.3 Å². The number of alkyl halides is 2. The lowest BCUT2D eigenvalue weighted by atomic mass is 9.89. The lowest BCUT2D eigenvalue weighted by Crippen LogP contribution is -2.46. The van der Waals surface area contributed by atoms with E-state index in [0.29, 0.717) is 30.0 Å². The van der Waals surface area contributed by atoms with Gasteiger partial charge in [0.05, 0.1) is 17.9 Å². The number of rotatable bonds is 3. The topological polar surface area (TPSA) is 88.3 Å². The molecule has 1 aromatic carbocycles. The number of nitrogens with one attached hydrogen (secondary N) is 1. The number of carbonyl (C=O) groups excluding carboxylic acids is 2. The fourth-order valence-electron chi connectivity index (χ4n) is 3.56. The molecule has 2 heterocycles. The van der Waals surface area contributed by atoms with Gasteiger partial charge in [0.15, 0.2) is 0 Å². The molecule has 0 aliphatic carbocycles. The number of pyridine rings is 1. The van der Waals surface area contributed by atoms with Crippen LogP contribution < -0.4 is 11.1 Å². The largest absolute Gasteiger partial charge is 0.383 e. The van der Waals surface area contributed by atoms with Crippen molar-refractivity contribution in [1.29, 1.82) is 0 Å². The highest BCUT2D eigenvalue weighted by atomic mass is 19.3. The highest BCUT2D eigenvalue weighted by Crippen LogP contribution is 2.34. The smallest absolute Gasteiger partial charge is 0.313 e. The van der Waals surface area contributed by atoms with Gasteiger partial charge in [0.2, 0.25) is 0 Å². The number of benzene rings is 1. The first-order valence-corrected chi connectivity index (χ1v) is 9.48. The molecule has 0 saturated carbocycles. The molecule has 2 atom stereocenters. The summed E-state index contributed by atoms with van der Waals surface area (Å²) in [6, 6.07) is 7.25. The first-order valence-electron chi connectivity index (χ1n) is 9.48. The Balaban J connectivity index is 1.79. The second kappa shape index (κ2) is 8.55. The zero-order chi connectivity index (χ0) is 21.1. The molecular weight excluding hydrogens is 378 g/mol. The van der Waals surface area contributed by atoms with Crippen LogP contribution in [0.15, 0.2) is 36.5 Å². The van der Waals surface area contributed by atoms with Gasteiger partial charge in [-0.05, 0) is 42.9 Å². The van der Waals surface area contributed by atoms with Crippen molar-refractivity contribution in [2.75, 3.05) is 17.6 Å². The van der Waals surface area contributed by atoms with Gasteiger partial charge in [-0.15, -0.1) is 0 Å². The minimum Gasteiger partial charge on any atom is -0.383 e. The highest BCUT2D eigenvalue weighted by molar-refractivity contribution is 6.39. The van der Waals surface area contributed by atoms with Crippen LogP contribution in [0.2, 0.25) is 0 Å². The van der Waals surface area contributed by atoms with Gasteiger partial charge in [-0.2, -0.15) is 0 Å². The first-order chi connectivity index (χ1) is 13.8. The molecule has 0 unspecified atom stereocenters. The van der Waals surface area contributed by atoms with Crippen molar-refractivity contribution >= 4 is 23.3 Å². The van der Waals surface area contributed by atoms with Crippen LogP contribution in [0, 0.1) is 12.8 Å². The maximum Gasteiger partial charge on any atom is 0.313 e. The van der Waals surface area contributed by atoms with Crippen molar-refractivity contribution in [2.24, 2.45) is 5.92 Å². The molecule has 1 aliphatic rings. The number of halogens is 2. The summed E-state index contributed by atoms with van der Waals surface area (Å²) in [4.78, 5) is 31.0. The quantitative estimate of drug-likeness (QED) is 0.764. The summed E-state index contributed by atoms with van der Waals surface area (Å²) in [5.74, 6) is -0.830. The Kier molecular flexibility index (Phi) is 6.10. The van der Waals surface area contributed by atoms with Gasteiger partial charge in [0.1, 0.15) is 5.82 Å². The fraction of sp³-hybridized carbons (Fsp3) is 0.381. The van der Waals surface area contributed by atoms with Crippen LogP contribution in [-0.2, 0) is 9.59 Å². The molecule has 8 heteroatoms. The summed E-state index contributed by atoms with van der Waals surface area (Å²) in [5, 5.41) is 2.57. The molecule has 6 nitrogen and oxygen atoms in total. The minimum absolute atomic E-state index is 0.0697. The molecule has 154 valence electrons. The molecule has 1 fully saturated rings. The average Bonchev–Trinajstić information content (AvgIpc) is 2.70. The predicted molar refractivity (Wildman–Crippen MR) is 106 cm³/mol. The normalized spacial score (nSPS) is 19.3. The standard InChI is InChI=1S/C21H24F2N4O2/c1-12-3-8-17(14-4-6-15(7-5-14)18(22)23)27(11-12)21(29)20(28)26-16-9-13(2)19(24)25-10-16/h4-7,9-10,12,17-18H,3,8,11H2,1-2H3,(H2,24,25)(H,26,28)/t12-,17+/m0/s1. The number of hydrogen-bond acceptors (Lipinski definition) is 4. The molecule has 29 heavy (non-hydrogen) atoms. The lowest BCUT2D eigenvalue weighted by Gasteiger charge is -2.38. The number of piperidine rings is 1. The van der Waals surface area contributed by atoms with Crippen LogP contribution >= 0.6 is 0 Å². The SMILES string of the molecule is Cc1cc(NC(=O)C(=O)N2C[C@@H](C)CC[C@@H]2c2ccc(C(F)F)cc2)cnc1N. The maximum atomic E-state index is 12.9. The third kappa shape index (κ3) is 4.70. The van der Waals surface area contributed by atoms with E-state index in [2.05, 4.69) is 10.3 Å². The number of carbonyl (C=O) groups is 2. The Labute approximate surface area is 168 Å². The molecular formula is C21H24F2N4O2. The third-order valence-corrected chi connectivity index (χ3v) is 5.22. The number of nitrogens with zero attached hydrogens (tertiary/aromatic N) is 2. The van der Waals surface area contributed by atoms with Gasteiger partial charge in [-0.1, -0.05) is 31.2 Å². The van der Waals surface area contributed by atoms with E-state index in [-0.39, 0.29) is 17.5 Å². The Bertz CT molecular complexity index is 902. The zero-order valence-electron chi connectivity index (χ0n) is 16.4. The molecule has 0 bridgehead atoms. The number of aromatic nitrogens is 1. The zero-order valence-corrected chi connectivity index (χ0v) is 16.4. The van der Waals surface area contributed by atoms with Gasteiger partial charge in [-0.3, -0.25) is 9.59 Å². The third-order valence-electron chi connectivity index (χ3n) is 5.22. The minimum atomic E-state index is -2.55. The van der Waals surface area contributed by atoms with Gasteiger partial charge in [-0.25, -0.2) is 13.8 Å². The number of nitrogens with two attached hydrogens (primary N) is 1. The second-order valence-corrected chi connectivity index (χ2v) is 7.50. The van der Waals surface area contributed by atoms with Crippen LogP contribution in [0.1, 0.15) is 48.9 Å². The molecule has 2 amide bonds. The monoisotopic (exact) mass is 402 g/mol. The summed E-state index contributed by atoms with van der Waals surface area (Å²) in [6.07, 6.45) is 0.396. The van der Waals surface area contributed by atoms with Crippen LogP contribution in [0.5, 0.6) is 0 Å². The number of aryl methyl sites for hydroxylation is 1. The molecule has 3 rings (SSSR count). The summed E-state index contributed by atoms with van der Waals surface area (Å²) < 4.78 is 25.7. The summed E-state index contributed by atoms with van der Waals surface area (Å²) in [6.45, 7) is 4.19. The number of anilines is 2. The molecule has 1 aromatic heterocycles. The van der Waals surface area contributed by atoms with Gasteiger partial charge in [0, 0.05) is 12.1 Å². The van der Waals surface area contributed by atoms with Crippen LogP contribution in [0.3, 0.4) is 0 Å². The first kappa shape index (κ1) is 20.7. The Morgan fingerprint density at radius 1 is 1.24 bits per heavy atom. The van der Waals surface area contributed by atoms with E-state index >= 15 is 0 Å². The molecule has 0 radical (unpaired) electrons. The molecule has 0 spiro atoms. The van der Waals surface area contributed by atoms with Gasteiger partial charge in [0.25, 0.3) is 6.43 Å². The maximum absolute atomic E-state index is 12.9. The predicted octanol–water partition coefficient (Wildman–Crippen LogP) is 3.85. The molecule has 2 aromatic rings. The second-order valence-electron chi connectivity index (χ2n) is 7.50. The van der Waals surface area contributed by atoms with Crippen molar-refractivity contribution in [3.8, 4) is 0 Å². The van der Waals surface area contributed by atoms with E-state index in [4.69, 9.17) is 5.73 Å². The van der Waals surface area contributed by atoms with E-state index < -0.39 is 18.2 Å². The van der Waals surface area contributed by atoms with E-state index in [1.54, 1.807) is 25.1 Å². The van der Waals surface area contributed by atoms with E-state index in [9.17, 15) is 18.4 Å². The average molecular weight is 402 g/mol. The van der Waals surface area contributed by atoms with Crippen LogP contribution in [-0.4, -0.2) is 28.2 Å². The summed E-state index contributed by atoms with van der Waals surface area (Å²) in [7, 11) is 0. The van der Waals surface area contributed by atoms with Gasteiger partial charge < -0.3 is 16.0 Å². The van der Waals surface area contributed by atoms with E-state index in [0.717, 1.165) is 12.0 Å². The number of hydrogen-bond donors (Lipinski definition) is 2. The Hall–Kier alpha value is -3.03. The van der Waals surface area contributed by atoms with Crippen molar-refractivity contribution < 1.29 is 18.4 Å². The lowest BCUT2D eigenvalue weighted by molar-refractivity contribution is -0.146. The van der Waals surface area contributed by atoms with Gasteiger partial charge >= 0.3 is 11.8 Å². The molecule has 1 aliphatic heterocycles. The Morgan fingerprint density at radius 2 is 1.93 bits per heavy atom. The number of likely N-dealkylation sites (tertiary alicyclic amines) is 1.